The van der Waals surface area contributed by atoms with Crippen molar-refractivity contribution in [3.8, 4) is 0 Å². The molecule has 22 heavy (non-hydrogen) atoms. The van der Waals surface area contributed by atoms with E-state index in [4.69, 9.17) is 11.6 Å². The van der Waals surface area contributed by atoms with E-state index in [1.165, 1.54) is 6.20 Å². The van der Waals surface area contributed by atoms with Crippen LogP contribution in [-0.2, 0) is 0 Å². The van der Waals surface area contributed by atoms with Crippen LogP contribution >= 0.6 is 11.6 Å². The molecule has 120 valence electrons. The molecule has 1 N–H and O–H groups in total. The number of nitrogens with zero attached hydrogens (tertiary/aromatic N) is 2. The fourth-order valence-corrected chi connectivity index (χ4v) is 4.32. The van der Waals surface area contributed by atoms with Gasteiger partial charge < -0.3 is 10.0 Å². The number of hydrogen-bond donors (Lipinski definition) is 1. The Kier molecular flexibility index (Phi) is 4.42. The maximum absolute atomic E-state index is 12.9. The zero-order valence-corrected chi connectivity index (χ0v) is 13.7. The molecule has 5 heteroatoms. The van der Waals surface area contributed by atoms with Crippen LogP contribution in [0.2, 0.25) is 5.02 Å². The number of pyridine rings is 1. The molecule has 2 heterocycles. The lowest BCUT2D eigenvalue weighted by Gasteiger charge is -2.43. The molecule has 2 aliphatic rings. The van der Waals surface area contributed by atoms with Gasteiger partial charge in [0.1, 0.15) is 0 Å². The lowest BCUT2D eigenvalue weighted by Crippen LogP contribution is -2.50. The van der Waals surface area contributed by atoms with Gasteiger partial charge in [-0.15, -0.1) is 0 Å². The Labute approximate surface area is 136 Å². The van der Waals surface area contributed by atoms with Gasteiger partial charge in [0, 0.05) is 30.9 Å². The Hall–Kier alpha value is -1.13. The topological polar surface area (TPSA) is 53.4 Å². The molecular weight excluding hydrogens is 300 g/mol. The van der Waals surface area contributed by atoms with Gasteiger partial charge in [-0.2, -0.15) is 0 Å². The summed E-state index contributed by atoms with van der Waals surface area (Å²) in [7, 11) is 0. The summed E-state index contributed by atoms with van der Waals surface area (Å²) in [5.41, 5.74) is -0.160. The average molecular weight is 323 g/mol. The molecule has 4 nitrogen and oxygen atoms in total. The maximum atomic E-state index is 12.9. The fourth-order valence-electron chi connectivity index (χ4n) is 4.12. The minimum atomic E-state index is -0.673. The van der Waals surface area contributed by atoms with Crippen molar-refractivity contribution in [2.45, 2.75) is 57.1 Å². The number of carbonyl (C=O) groups excluding carboxylic acids is 1. The van der Waals surface area contributed by atoms with Crippen molar-refractivity contribution in [3.05, 3.63) is 29.0 Å². The zero-order valence-electron chi connectivity index (χ0n) is 13.0. The minimum absolute atomic E-state index is 0.0312. The zero-order chi connectivity index (χ0) is 15.7. The molecule has 0 radical (unpaired) electrons. The Morgan fingerprint density at radius 1 is 1.41 bits per heavy atom. The van der Waals surface area contributed by atoms with Gasteiger partial charge in [0.05, 0.1) is 16.2 Å². The number of hydrogen-bond acceptors (Lipinski definition) is 3. The Morgan fingerprint density at radius 2 is 2.23 bits per heavy atom. The third-order valence-corrected chi connectivity index (χ3v) is 5.58. The van der Waals surface area contributed by atoms with E-state index in [9.17, 15) is 9.90 Å². The van der Waals surface area contributed by atoms with E-state index in [1.54, 1.807) is 12.3 Å². The lowest BCUT2D eigenvalue weighted by molar-refractivity contribution is -0.0577. The second-order valence-electron chi connectivity index (χ2n) is 6.77. The average Bonchev–Trinajstić information content (AvgIpc) is 2.95. The van der Waals surface area contributed by atoms with Crippen LogP contribution in [-0.4, -0.2) is 39.1 Å². The van der Waals surface area contributed by atoms with Crippen LogP contribution in [0.15, 0.2) is 18.5 Å². The van der Waals surface area contributed by atoms with Crippen molar-refractivity contribution in [2.24, 2.45) is 5.92 Å². The van der Waals surface area contributed by atoms with E-state index in [0.29, 0.717) is 10.6 Å². The molecule has 1 aliphatic carbocycles. The highest BCUT2D eigenvalue weighted by Crippen LogP contribution is 2.41. The van der Waals surface area contributed by atoms with Gasteiger partial charge in [0.15, 0.2) is 0 Å². The first-order valence-electron chi connectivity index (χ1n) is 8.13. The maximum Gasteiger partial charge on any atom is 0.255 e. The second-order valence-corrected chi connectivity index (χ2v) is 7.18. The van der Waals surface area contributed by atoms with Crippen molar-refractivity contribution >= 4 is 17.5 Å². The summed E-state index contributed by atoms with van der Waals surface area (Å²) < 4.78 is 0. The first-order valence-corrected chi connectivity index (χ1v) is 8.51. The molecule has 3 unspecified atom stereocenters. The smallest absolute Gasteiger partial charge is 0.255 e. The van der Waals surface area contributed by atoms with Crippen molar-refractivity contribution < 1.29 is 9.90 Å². The van der Waals surface area contributed by atoms with Gasteiger partial charge in [-0.05, 0) is 38.7 Å². The van der Waals surface area contributed by atoms with Gasteiger partial charge in [-0.1, -0.05) is 24.4 Å². The van der Waals surface area contributed by atoms with Crippen molar-refractivity contribution in [1.82, 2.24) is 9.88 Å². The molecule has 1 amide bonds. The second kappa shape index (κ2) is 6.17. The normalized spacial score (nSPS) is 32.2. The first-order chi connectivity index (χ1) is 10.5. The summed E-state index contributed by atoms with van der Waals surface area (Å²) in [6, 6.07) is 1.80. The number of halogens is 1. The molecule has 1 saturated carbocycles. The Balaban J connectivity index is 1.84. The summed E-state index contributed by atoms with van der Waals surface area (Å²) in [5, 5.41) is 11.1. The van der Waals surface area contributed by atoms with Gasteiger partial charge in [0.25, 0.3) is 5.91 Å². The first kappa shape index (κ1) is 15.8. The Bertz CT molecular complexity index is 561. The molecule has 0 aromatic carbocycles. The third-order valence-electron chi connectivity index (χ3n) is 5.27. The predicted molar refractivity (Wildman–Crippen MR) is 85.9 cm³/mol. The van der Waals surface area contributed by atoms with E-state index in [2.05, 4.69) is 4.98 Å². The highest BCUT2D eigenvalue weighted by Gasteiger charge is 2.44. The highest BCUT2D eigenvalue weighted by molar-refractivity contribution is 6.33. The molecule has 0 spiro atoms. The predicted octanol–water partition coefficient (Wildman–Crippen LogP) is 3.28. The van der Waals surface area contributed by atoms with Gasteiger partial charge in [0.2, 0.25) is 0 Å². The Morgan fingerprint density at radius 3 is 2.95 bits per heavy atom. The molecule has 3 rings (SSSR count). The van der Waals surface area contributed by atoms with Crippen molar-refractivity contribution in [1.29, 1.82) is 0 Å². The number of amides is 1. The third kappa shape index (κ3) is 2.86. The number of rotatable bonds is 2. The molecule has 0 bridgehead atoms. The molecule has 3 atom stereocenters. The van der Waals surface area contributed by atoms with Crippen molar-refractivity contribution in [2.75, 3.05) is 6.54 Å². The molecule has 1 aromatic heterocycles. The number of aliphatic hydroxyl groups is 1. The highest BCUT2D eigenvalue weighted by atomic mass is 35.5. The van der Waals surface area contributed by atoms with Gasteiger partial charge in [-0.25, -0.2) is 0 Å². The van der Waals surface area contributed by atoms with E-state index >= 15 is 0 Å². The molecule has 1 saturated heterocycles. The van der Waals surface area contributed by atoms with Crippen LogP contribution in [0, 0.1) is 5.92 Å². The number of aromatic nitrogens is 1. The quantitative estimate of drug-likeness (QED) is 0.909. The largest absolute Gasteiger partial charge is 0.390 e. The van der Waals surface area contributed by atoms with Crippen LogP contribution in [0.4, 0.5) is 0 Å². The van der Waals surface area contributed by atoms with Crippen molar-refractivity contribution in [3.63, 3.8) is 0 Å². The van der Waals surface area contributed by atoms with E-state index in [0.717, 1.165) is 45.1 Å². The molecule has 1 aromatic rings. The van der Waals surface area contributed by atoms with Gasteiger partial charge in [-0.3, -0.25) is 9.78 Å². The summed E-state index contributed by atoms with van der Waals surface area (Å²) in [4.78, 5) is 18.7. The SMILES string of the molecule is CC1(O)CCCCC1C1CCCN1C(=O)c1ccncc1Cl. The summed E-state index contributed by atoms with van der Waals surface area (Å²) >= 11 is 6.13. The van der Waals surface area contributed by atoms with E-state index < -0.39 is 5.60 Å². The van der Waals surface area contributed by atoms with Gasteiger partial charge >= 0.3 is 0 Å². The summed E-state index contributed by atoms with van der Waals surface area (Å²) in [6.07, 6.45) is 9.09. The van der Waals surface area contributed by atoms with Crippen LogP contribution < -0.4 is 0 Å². The van der Waals surface area contributed by atoms with Crippen LogP contribution in [0.25, 0.3) is 0 Å². The van der Waals surface area contributed by atoms with E-state index in [-0.39, 0.29) is 17.9 Å². The molecular formula is C17H23ClN2O2. The summed E-state index contributed by atoms with van der Waals surface area (Å²) in [6.45, 7) is 2.67. The summed E-state index contributed by atoms with van der Waals surface area (Å²) in [5.74, 6) is 0.129. The van der Waals surface area contributed by atoms with Crippen LogP contribution in [0.3, 0.4) is 0 Å². The van der Waals surface area contributed by atoms with Crippen LogP contribution in [0.1, 0.15) is 55.8 Å². The number of carbonyl (C=O) groups is 1. The molecule has 2 fully saturated rings. The van der Waals surface area contributed by atoms with Crippen LogP contribution in [0.5, 0.6) is 0 Å². The monoisotopic (exact) mass is 322 g/mol. The minimum Gasteiger partial charge on any atom is -0.390 e. The standard InChI is InChI=1S/C17H23ClN2O2/c1-17(22)8-3-2-5-13(17)15-6-4-10-20(15)16(21)12-7-9-19-11-14(12)18/h7,9,11,13,15,22H,2-6,8,10H2,1H3. The fraction of sp³-hybridized carbons (Fsp3) is 0.647. The number of likely N-dealkylation sites (tertiary alicyclic amines) is 1. The van der Waals surface area contributed by atoms with E-state index in [1.807, 2.05) is 11.8 Å². The lowest BCUT2D eigenvalue weighted by atomic mass is 9.72. The molecule has 1 aliphatic heterocycles.